The molecule has 1 aromatic heterocycles. The molecule has 1 aliphatic carbocycles. The molecule has 0 spiro atoms. The highest BCUT2D eigenvalue weighted by Crippen LogP contribution is 2.62. The molecule has 2 heterocycles. The molecule has 3 rings (SSSR count). The predicted molar refractivity (Wildman–Crippen MR) is 55.2 cm³/mol. The summed E-state index contributed by atoms with van der Waals surface area (Å²) >= 11 is 0. The van der Waals surface area contributed by atoms with Crippen molar-refractivity contribution in [3.63, 3.8) is 0 Å². The summed E-state index contributed by atoms with van der Waals surface area (Å²) in [4.78, 5) is 11.4. The molecular weight excluding hydrogens is 208 g/mol. The van der Waals surface area contributed by atoms with E-state index in [4.69, 9.17) is 9.15 Å². The van der Waals surface area contributed by atoms with Gasteiger partial charge in [-0.25, -0.2) is 0 Å². The minimum atomic E-state index is -0.718. The Morgan fingerprint density at radius 1 is 1.38 bits per heavy atom. The van der Waals surface area contributed by atoms with Crippen molar-refractivity contribution >= 4 is 5.97 Å². The average molecular weight is 222 g/mol. The van der Waals surface area contributed by atoms with Gasteiger partial charge in [-0.05, 0) is 31.9 Å². The minimum absolute atomic E-state index is 0.424. The third-order valence-electron chi connectivity index (χ3n) is 3.98. The van der Waals surface area contributed by atoms with Crippen LogP contribution in [0.2, 0.25) is 0 Å². The third-order valence-corrected chi connectivity index (χ3v) is 3.98. The monoisotopic (exact) mass is 222 g/mol. The molecule has 0 aromatic carbocycles. The number of hydrogen-bond acceptors (Lipinski definition) is 3. The highest BCUT2D eigenvalue weighted by molar-refractivity contribution is 5.80. The van der Waals surface area contributed by atoms with Gasteiger partial charge in [0.15, 0.2) is 0 Å². The van der Waals surface area contributed by atoms with Crippen LogP contribution in [0.5, 0.6) is 0 Å². The summed E-state index contributed by atoms with van der Waals surface area (Å²) < 4.78 is 10.9. The fourth-order valence-corrected chi connectivity index (χ4v) is 2.67. The lowest BCUT2D eigenvalue weighted by atomic mass is 9.69. The van der Waals surface area contributed by atoms with E-state index in [1.54, 1.807) is 0 Å². The lowest BCUT2D eigenvalue weighted by Gasteiger charge is -2.44. The number of aryl methyl sites for hydroxylation is 1. The average Bonchev–Trinajstić information content (AvgIpc) is 2.85. The summed E-state index contributed by atoms with van der Waals surface area (Å²) in [6, 6.07) is 3.77. The first-order valence-corrected chi connectivity index (χ1v) is 5.49. The molecule has 2 fully saturated rings. The molecule has 4 heteroatoms. The topological polar surface area (TPSA) is 59.7 Å². The summed E-state index contributed by atoms with van der Waals surface area (Å²) in [7, 11) is 0. The maximum atomic E-state index is 11.4. The van der Waals surface area contributed by atoms with Crippen molar-refractivity contribution in [3.05, 3.63) is 23.7 Å². The smallest absolute Gasteiger partial charge is 0.310 e. The molecule has 0 bridgehead atoms. The summed E-state index contributed by atoms with van der Waals surface area (Å²) in [6.07, 6.45) is 1.46. The molecule has 1 N–H and O–H groups in total. The number of rotatable bonds is 3. The Bertz CT molecular complexity index is 438. The molecule has 0 atom stereocenters. The Kier molecular flexibility index (Phi) is 1.79. The van der Waals surface area contributed by atoms with E-state index in [2.05, 4.69) is 0 Å². The van der Waals surface area contributed by atoms with E-state index in [1.807, 2.05) is 19.1 Å². The molecule has 1 saturated carbocycles. The highest BCUT2D eigenvalue weighted by Gasteiger charge is 2.69. The minimum Gasteiger partial charge on any atom is -0.481 e. The maximum Gasteiger partial charge on any atom is 0.310 e. The van der Waals surface area contributed by atoms with Gasteiger partial charge in [-0.1, -0.05) is 0 Å². The molecule has 0 unspecified atom stereocenters. The van der Waals surface area contributed by atoms with Crippen molar-refractivity contribution in [3.8, 4) is 0 Å². The standard InChI is InChI=1S/C12H14O4/c1-8-2-3-9(16-8)12(6-15-7-12)11(4-5-11)10(13)14/h2-3H,4-7H2,1H3,(H,13,14). The van der Waals surface area contributed by atoms with Crippen molar-refractivity contribution in [2.45, 2.75) is 25.2 Å². The number of furan rings is 1. The Morgan fingerprint density at radius 2 is 2.06 bits per heavy atom. The van der Waals surface area contributed by atoms with Crippen molar-refractivity contribution in [2.75, 3.05) is 13.2 Å². The van der Waals surface area contributed by atoms with Crippen LogP contribution in [0.3, 0.4) is 0 Å². The van der Waals surface area contributed by atoms with Crippen LogP contribution >= 0.6 is 0 Å². The molecule has 1 aromatic rings. The first-order valence-electron chi connectivity index (χ1n) is 5.49. The second-order valence-electron chi connectivity index (χ2n) is 4.87. The number of ether oxygens (including phenoxy) is 1. The molecule has 1 saturated heterocycles. The lowest BCUT2D eigenvalue weighted by Crippen LogP contribution is -2.56. The van der Waals surface area contributed by atoms with Gasteiger partial charge in [-0.3, -0.25) is 4.79 Å². The van der Waals surface area contributed by atoms with Crippen molar-refractivity contribution in [1.82, 2.24) is 0 Å². The molecule has 86 valence electrons. The summed E-state index contributed by atoms with van der Waals surface area (Å²) in [5.41, 5.74) is -1.07. The fourth-order valence-electron chi connectivity index (χ4n) is 2.67. The van der Waals surface area contributed by atoms with Crippen LogP contribution < -0.4 is 0 Å². The van der Waals surface area contributed by atoms with Crippen LogP contribution in [0.4, 0.5) is 0 Å². The van der Waals surface area contributed by atoms with Gasteiger partial charge in [0.2, 0.25) is 0 Å². The second kappa shape index (κ2) is 2.88. The van der Waals surface area contributed by atoms with Gasteiger partial charge >= 0.3 is 5.97 Å². The van der Waals surface area contributed by atoms with E-state index in [1.165, 1.54) is 0 Å². The van der Waals surface area contributed by atoms with E-state index in [0.29, 0.717) is 13.2 Å². The molecule has 0 amide bonds. The van der Waals surface area contributed by atoms with E-state index >= 15 is 0 Å². The van der Waals surface area contributed by atoms with Gasteiger partial charge in [-0.15, -0.1) is 0 Å². The molecule has 16 heavy (non-hydrogen) atoms. The van der Waals surface area contributed by atoms with Crippen molar-refractivity contribution in [1.29, 1.82) is 0 Å². The number of carbonyl (C=O) groups is 1. The Labute approximate surface area is 93.2 Å². The van der Waals surface area contributed by atoms with Crippen molar-refractivity contribution in [2.24, 2.45) is 5.41 Å². The van der Waals surface area contributed by atoms with Gasteiger partial charge in [0, 0.05) is 0 Å². The Hall–Kier alpha value is -1.29. The van der Waals surface area contributed by atoms with Crippen LogP contribution in [-0.4, -0.2) is 24.3 Å². The van der Waals surface area contributed by atoms with Gasteiger partial charge < -0.3 is 14.3 Å². The molecule has 1 aliphatic heterocycles. The zero-order valence-electron chi connectivity index (χ0n) is 9.16. The van der Waals surface area contributed by atoms with Gasteiger partial charge in [0.05, 0.1) is 24.0 Å². The zero-order chi connectivity index (χ0) is 11.4. The lowest BCUT2D eigenvalue weighted by molar-refractivity contribution is -0.163. The van der Waals surface area contributed by atoms with Crippen LogP contribution in [-0.2, 0) is 14.9 Å². The normalized spacial score (nSPS) is 24.8. The summed E-state index contributed by atoms with van der Waals surface area (Å²) in [5.74, 6) is 0.878. The third kappa shape index (κ3) is 1.00. The number of aliphatic carboxylic acids is 1. The van der Waals surface area contributed by atoms with Gasteiger partial charge in [0.25, 0.3) is 0 Å². The number of hydrogen-bond donors (Lipinski definition) is 1. The quantitative estimate of drug-likeness (QED) is 0.845. The van der Waals surface area contributed by atoms with Crippen LogP contribution in [0.15, 0.2) is 16.5 Å². The van der Waals surface area contributed by atoms with Crippen LogP contribution in [0.1, 0.15) is 24.4 Å². The van der Waals surface area contributed by atoms with Crippen LogP contribution in [0, 0.1) is 12.3 Å². The van der Waals surface area contributed by atoms with Gasteiger partial charge in [0.1, 0.15) is 11.5 Å². The van der Waals surface area contributed by atoms with E-state index in [9.17, 15) is 9.90 Å². The summed E-state index contributed by atoms with van der Waals surface area (Å²) in [5, 5.41) is 9.38. The highest BCUT2D eigenvalue weighted by atomic mass is 16.5. The van der Waals surface area contributed by atoms with Crippen LogP contribution in [0.25, 0.3) is 0 Å². The largest absolute Gasteiger partial charge is 0.481 e. The maximum absolute atomic E-state index is 11.4. The number of carboxylic acids is 1. The number of carboxylic acid groups (broad SMARTS) is 1. The predicted octanol–water partition coefficient (Wildman–Crippen LogP) is 1.72. The van der Waals surface area contributed by atoms with E-state index in [-0.39, 0.29) is 0 Å². The molecule has 0 radical (unpaired) electrons. The Morgan fingerprint density at radius 3 is 2.38 bits per heavy atom. The SMILES string of the molecule is Cc1ccc(C2(C3(C(=O)O)CC3)COC2)o1. The molecule has 2 aliphatic rings. The first-order chi connectivity index (χ1) is 7.61. The van der Waals surface area contributed by atoms with Crippen molar-refractivity contribution < 1.29 is 19.1 Å². The zero-order valence-corrected chi connectivity index (χ0v) is 9.16. The molecular formula is C12H14O4. The van der Waals surface area contributed by atoms with Gasteiger partial charge in [-0.2, -0.15) is 0 Å². The Balaban J connectivity index is 2.04. The first kappa shape index (κ1) is 9.90. The second-order valence-corrected chi connectivity index (χ2v) is 4.87. The van der Waals surface area contributed by atoms with E-state index in [0.717, 1.165) is 24.4 Å². The van der Waals surface area contributed by atoms with E-state index < -0.39 is 16.8 Å². The molecule has 4 nitrogen and oxygen atoms in total. The fraction of sp³-hybridized carbons (Fsp3) is 0.583. The summed E-state index contributed by atoms with van der Waals surface area (Å²) in [6.45, 7) is 2.80.